The first-order valence-electron chi connectivity index (χ1n) is 7.07. The maximum absolute atomic E-state index is 11.9. The Bertz CT molecular complexity index is 480. The summed E-state index contributed by atoms with van der Waals surface area (Å²) in [6.07, 6.45) is 4.22. The number of aliphatic carboxylic acids is 1. The monoisotopic (exact) mass is 296 g/mol. The second-order valence-corrected chi connectivity index (χ2v) is 5.54. The van der Waals surface area contributed by atoms with Gasteiger partial charge in [-0.15, -0.1) is 0 Å². The van der Waals surface area contributed by atoms with Gasteiger partial charge in [-0.2, -0.15) is 4.98 Å². The van der Waals surface area contributed by atoms with E-state index < -0.39 is 17.5 Å². The number of nitrogens with one attached hydrogen (secondary N) is 2. The molecule has 0 spiro atoms. The smallest absolute Gasteiger partial charge is 0.329 e. The molecule has 116 valence electrons. The van der Waals surface area contributed by atoms with Gasteiger partial charge in [0.1, 0.15) is 5.54 Å². The summed E-state index contributed by atoms with van der Waals surface area (Å²) in [7, 11) is 0. The molecule has 2 rings (SSSR count). The van der Waals surface area contributed by atoms with E-state index in [1.54, 1.807) is 0 Å². The van der Waals surface area contributed by atoms with Crippen LogP contribution in [0.4, 0.5) is 4.79 Å². The molecule has 1 saturated carbocycles. The molecule has 1 aliphatic rings. The normalized spacial score (nSPS) is 25.3. The fourth-order valence-corrected chi connectivity index (χ4v) is 2.50. The third-order valence-electron chi connectivity index (χ3n) is 3.92. The minimum Gasteiger partial charge on any atom is -0.480 e. The molecule has 1 aromatic rings. The number of carboxylic acids is 1. The minimum atomic E-state index is -1.15. The van der Waals surface area contributed by atoms with E-state index in [0.717, 1.165) is 12.8 Å². The number of urea groups is 1. The predicted molar refractivity (Wildman–Crippen MR) is 72.5 cm³/mol. The van der Waals surface area contributed by atoms with Gasteiger partial charge >= 0.3 is 12.0 Å². The molecule has 1 heterocycles. The van der Waals surface area contributed by atoms with Gasteiger partial charge in [0.2, 0.25) is 5.89 Å². The highest BCUT2D eigenvalue weighted by molar-refractivity contribution is 5.86. The summed E-state index contributed by atoms with van der Waals surface area (Å²) in [4.78, 5) is 27.2. The number of amides is 2. The first-order chi connectivity index (χ1) is 10.0. The van der Waals surface area contributed by atoms with Crippen LogP contribution in [0.1, 0.15) is 38.5 Å². The lowest BCUT2D eigenvalue weighted by Crippen LogP contribution is -2.58. The van der Waals surface area contributed by atoms with Gasteiger partial charge in [0.05, 0.1) is 0 Å². The quantitative estimate of drug-likeness (QED) is 0.744. The van der Waals surface area contributed by atoms with E-state index in [-0.39, 0.29) is 0 Å². The highest BCUT2D eigenvalue weighted by Crippen LogP contribution is 2.32. The van der Waals surface area contributed by atoms with E-state index in [4.69, 9.17) is 4.52 Å². The molecule has 0 atom stereocenters. The van der Waals surface area contributed by atoms with Crippen LogP contribution in [0.2, 0.25) is 0 Å². The number of carboxylic acid groups (broad SMARTS) is 1. The van der Waals surface area contributed by atoms with Gasteiger partial charge in [-0.3, -0.25) is 0 Å². The molecule has 0 aromatic carbocycles. The highest BCUT2D eigenvalue weighted by Gasteiger charge is 2.42. The molecule has 21 heavy (non-hydrogen) atoms. The summed E-state index contributed by atoms with van der Waals surface area (Å²) >= 11 is 0. The van der Waals surface area contributed by atoms with Crippen molar-refractivity contribution in [2.45, 2.75) is 44.6 Å². The average Bonchev–Trinajstić information content (AvgIpc) is 2.94. The van der Waals surface area contributed by atoms with Crippen molar-refractivity contribution >= 4 is 12.0 Å². The van der Waals surface area contributed by atoms with Crippen molar-refractivity contribution in [2.24, 2.45) is 5.92 Å². The molecule has 1 fully saturated rings. The van der Waals surface area contributed by atoms with Gasteiger partial charge < -0.3 is 20.3 Å². The summed E-state index contributed by atoms with van der Waals surface area (Å²) in [5, 5.41) is 18.1. The Kier molecular flexibility index (Phi) is 4.77. The number of nitrogens with zero attached hydrogens (tertiary/aromatic N) is 2. The largest absolute Gasteiger partial charge is 0.480 e. The topological polar surface area (TPSA) is 117 Å². The van der Waals surface area contributed by atoms with Gasteiger partial charge in [-0.1, -0.05) is 12.1 Å². The number of carbonyl (C=O) groups is 2. The van der Waals surface area contributed by atoms with Gasteiger partial charge in [0.25, 0.3) is 0 Å². The molecule has 0 aliphatic heterocycles. The van der Waals surface area contributed by atoms with Gasteiger partial charge in [0, 0.05) is 13.0 Å². The zero-order valence-electron chi connectivity index (χ0n) is 12.0. The summed E-state index contributed by atoms with van der Waals surface area (Å²) in [6, 6.07) is -0.480. The number of rotatable bonds is 5. The third-order valence-corrected chi connectivity index (χ3v) is 3.92. The number of aromatic nitrogens is 2. The molecular formula is C13H20N4O4. The lowest BCUT2D eigenvalue weighted by molar-refractivity contribution is -0.146. The van der Waals surface area contributed by atoms with Crippen LogP contribution in [0, 0.1) is 5.92 Å². The fourth-order valence-electron chi connectivity index (χ4n) is 2.50. The van der Waals surface area contributed by atoms with Crippen LogP contribution in [0.15, 0.2) is 10.9 Å². The van der Waals surface area contributed by atoms with E-state index in [1.807, 2.05) is 0 Å². The van der Waals surface area contributed by atoms with Crippen LogP contribution >= 0.6 is 0 Å². The van der Waals surface area contributed by atoms with Gasteiger partial charge in [0.15, 0.2) is 6.33 Å². The summed E-state index contributed by atoms with van der Waals surface area (Å²) in [5.74, 6) is -0.0453. The second-order valence-electron chi connectivity index (χ2n) is 5.54. The van der Waals surface area contributed by atoms with Crippen molar-refractivity contribution in [3.63, 3.8) is 0 Å². The maximum atomic E-state index is 11.9. The molecule has 1 aliphatic carbocycles. The lowest BCUT2D eigenvalue weighted by atomic mass is 9.77. The van der Waals surface area contributed by atoms with Crippen molar-refractivity contribution in [3.8, 4) is 0 Å². The zero-order chi connectivity index (χ0) is 15.3. The first kappa shape index (κ1) is 15.3. The molecule has 8 heteroatoms. The molecule has 2 amide bonds. The van der Waals surface area contributed by atoms with Gasteiger partial charge in [-0.25, -0.2) is 9.59 Å². The minimum absolute atomic E-state index is 0.306. The molecule has 1 aromatic heterocycles. The van der Waals surface area contributed by atoms with Crippen LogP contribution in [0.25, 0.3) is 0 Å². The van der Waals surface area contributed by atoms with Crippen molar-refractivity contribution in [1.29, 1.82) is 0 Å². The Labute approximate surface area is 122 Å². The van der Waals surface area contributed by atoms with Crippen LogP contribution in [0.5, 0.6) is 0 Å². The first-order valence-corrected chi connectivity index (χ1v) is 7.07. The molecule has 0 unspecified atom stereocenters. The maximum Gasteiger partial charge on any atom is 0.329 e. The molecule has 8 nitrogen and oxygen atoms in total. The van der Waals surface area contributed by atoms with E-state index in [2.05, 4.69) is 27.7 Å². The van der Waals surface area contributed by atoms with Crippen molar-refractivity contribution in [1.82, 2.24) is 20.8 Å². The summed E-state index contributed by atoms with van der Waals surface area (Å²) in [5.41, 5.74) is -1.15. The van der Waals surface area contributed by atoms with Crippen LogP contribution in [0.3, 0.4) is 0 Å². The van der Waals surface area contributed by atoms with Crippen LogP contribution in [-0.2, 0) is 11.2 Å². The Hall–Kier alpha value is -2.12. The molecule has 0 radical (unpaired) electrons. The molecular weight excluding hydrogens is 276 g/mol. The fraction of sp³-hybridized carbons (Fsp3) is 0.692. The molecule has 3 N–H and O–H groups in total. The molecule has 0 bridgehead atoms. The second kappa shape index (κ2) is 6.55. The third kappa shape index (κ3) is 3.93. The van der Waals surface area contributed by atoms with E-state index in [1.165, 1.54) is 6.33 Å². The standard InChI is InChI=1S/C13H20N4O4/c1-9-2-5-13(6-3-9,11(18)19)17-12(20)14-7-4-10-15-8-16-21-10/h8-9H,2-7H2,1H3,(H,18,19)(H2,14,17,20). The van der Waals surface area contributed by atoms with Crippen molar-refractivity contribution in [2.75, 3.05) is 6.54 Å². The van der Waals surface area contributed by atoms with Crippen molar-refractivity contribution in [3.05, 3.63) is 12.2 Å². The van der Waals surface area contributed by atoms with Gasteiger partial charge in [-0.05, 0) is 31.6 Å². The number of hydrogen-bond donors (Lipinski definition) is 3. The van der Waals surface area contributed by atoms with E-state index in [0.29, 0.717) is 37.6 Å². The number of hydrogen-bond acceptors (Lipinski definition) is 5. The Balaban J connectivity index is 1.82. The highest BCUT2D eigenvalue weighted by atomic mass is 16.5. The predicted octanol–water partition coefficient (Wildman–Crippen LogP) is 0.945. The number of carbonyl (C=O) groups excluding carboxylic acids is 1. The average molecular weight is 296 g/mol. The summed E-state index contributed by atoms with van der Waals surface area (Å²) in [6.45, 7) is 2.40. The SMILES string of the molecule is CC1CCC(NC(=O)NCCc2ncno2)(C(=O)O)CC1. The van der Waals surface area contributed by atoms with Crippen LogP contribution < -0.4 is 10.6 Å². The Morgan fingerprint density at radius 2 is 2.19 bits per heavy atom. The van der Waals surface area contributed by atoms with E-state index in [9.17, 15) is 14.7 Å². The Morgan fingerprint density at radius 1 is 1.48 bits per heavy atom. The lowest BCUT2D eigenvalue weighted by Gasteiger charge is -2.36. The van der Waals surface area contributed by atoms with Crippen LogP contribution in [-0.4, -0.2) is 39.3 Å². The summed E-state index contributed by atoms with van der Waals surface area (Å²) < 4.78 is 4.81. The van der Waals surface area contributed by atoms with E-state index >= 15 is 0 Å². The zero-order valence-corrected chi connectivity index (χ0v) is 12.0. The Morgan fingerprint density at radius 3 is 2.76 bits per heavy atom. The molecule has 0 saturated heterocycles. The van der Waals surface area contributed by atoms with Crippen molar-refractivity contribution < 1.29 is 19.2 Å².